The zero-order valence-corrected chi connectivity index (χ0v) is 13.9. The number of piperazine rings is 1. The minimum absolute atomic E-state index is 0.998. The van der Waals surface area contributed by atoms with Crippen LogP contribution >= 0.6 is 0 Å². The summed E-state index contributed by atoms with van der Waals surface area (Å²) in [7, 11) is 0. The first-order chi connectivity index (χ1) is 11.3. The van der Waals surface area contributed by atoms with E-state index in [1.807, 2.05) is 0 Å². The molecule has 0 N–H and O–H groups in total. The van der Waals surface area contributed by atoms with Crippen molar-refractivity contribution in [2.45, 2.75) is 25.7 Å². The molecule has 1 saturated carbocycles. The van der Waals surface area contributed by atoms with Gasteiger partial charge < -0.3 is 13.8 Å². The Bertz CT molecular complexity index is 682. The van der Waals surface area contributed by atoms with E-state index in [2.05, 4.69) is 29.2 Å². The Labute approximate surface area is 138 Å². The Morgan fingerprint density at radius 1 is 0.957 bits per heavy atom. The number of nitrogens with zero attached hydrogens (tertiary/aromatic N) is 2. The minimum atomic E-state index is 0.998. The molecular formula is C20H27N2O+. The summed E-state index contributed by atoms with van der Waals surface area (Å²) in [5.74, 6) is 2.08. The lowest BCUT2D eigenvalue weighted by molar-refractivity contribution is -0.919. The highest BCUT2D eigenvalue weighted by Crippen LogP contribution is 2.40. The van der Waals surface area contributed by atoms with Gasteiger partial charge in [-0.05, 0) is 37.1 Å². The van der Waals surface area contributed by atoms with Crippen LogP contribution in [0.3, 0.4) is 0 Å². The summed E-state index contributed by atoms with van der Waals surface area (Å²) in [5, 5.41) is 1.23. The number of benzene rings is 1. The van der Waals surface area contributed by atoms with E-state index in [1.165, 1.54) is 80.5 Å². The van der Waals surface area contributed by atoms with Gasteiger partial charge in [0.2, 0.25) is 0 Å². The van der Waals surface area contributed by atoms with Gasteiger partial charge in [-0.15, -0.1) is 0 Å². The number of rotatable bonds is 1. The second-order valence-corrected chi connectivity index (χ2v) is 8.09. The minimum Gasteiger partial charge on any atom is -0.464 e. The summed E-state index contributed by atoms with van der Waals surface area (Å²) in [6.07, 6.45) is 7.77. The molecule has 5 rings (SSSR count). The molecule has 122 valence electrons. The molecule has 0 amide bonds. The van der Waals surface area contributed by atoms with E-state index < -0.39 is 0 Å². The van der Waals surface area contributed by atoms with Gasteiger partial charge in [0.15, 0.2) is 0 Å². The van der Waals surface area contributed by atoms with Crippen molar-refractivity contribution in [1.82, 2.24) is 0 Å². The summed E-state index contributed by atoms with van der Waals surface area (Å²) in [4.78, 5) is 2.58. The van der Waals surface area contributed by atoms with Crippen molar-refractivity contribution in [3.8, 4) is 0 Å². The maximum Gasteiger partial charge on any atom is 0.133 e. The van der Waals surface area contributed by atoms with Crippen LogP contribution in [0, 0.1) is 11.8 Å². The first-order valence-electron chi connectivity index (χ1n) is 9.39. The zero-order valence-electron chi connectivity index (χ0n) is 13.9. The summed E-state index contributed by atoms with van der Waals surface area (Å²) >= 11 is 0. The summed E-state index contributed by atoms with van der Waals surface area (Å²) in [6, 6.07) is 8.71. The molecule has 23 heavy (non-hydrogen) atoms. The molecule has 2 aromatic rings. The van der Waals surface area contributed by atoms with Crippen LogP contribution in [-0.2, 0) is 0 Å². The van der Waals surface area contributed by atoms with Crippen LogP contribution < -0.4 is 4.90 Å². The number of quaternary nitrogens is 1. The largest absolute Gasteiger partial charge is 0.464 e. The lowest BCUT2D eigenvalue weighted by atomic mass is 9.82. The zero-order chi connectivity index (χ0) is 15.3. The van der Waals surface area contributed by atoms with Crippen LogP contribution in [0.25, 0.3) is 11.0 Å². The fraction of sp³-hybridized carbons (Fsp3) is 0.600. The van der Waals surface area contributed by atoms with Crippen molar-refractivity contribution in [3.05, 3.63) is 30.5 Å². The van der Waals surface area contributed by atoms with Gasteiger partial charge in [0.25, 0.3) is 0 Å². The van der Waals surface area contributed by atoms with Crippen LogP contribution in [-0.4, -0.2) is 43.8 Å². The van der Waals surface area contributed by atoms with Crippen molar-refractivity contribution < 1.29 is 8.90 Å². The van der Waals surface area contributed by atoms with Crippen molar-refractivity contribution in [2.75, 3.05) is 44.2 Å². The molecule has 1 aromatic carbocycles. The molecule has 3 fully saturated rings. The fourth-order valence-corrected chi connectivity index (χ4v) is 5.50. The molecule has 2 atom stereocenters. The van der Waals surface area contributed by atoms with Gasteiger partial charge in [-0.3, -0.25) is 0 Å². The van der Waals surface area contributed by atoms with E-state index in [4.69, 9.17) is 4.42 Å². The Morgan fingerprint density at radius 2 is 1.70 bits per heavy atom. The fourth-order valence-electron chi connectivity index (χ4n) is 5.50. The summed E-state index contributed by atoms with van der Waals surface area (Å²) in [6.45, 7) is 8.05. The highest BCUT2D eigenvalue weighted by atomic mass is 16.3. The third-order valence-electron chi connectivity index (χ3n) is 6.80. The van der Waals surface area contributed by atoms with E-state index in [0.29, 0.717) is 0 Å². The molecule has 1 aromatic heterocycles. The molecule has 0 bridgehead atoms. The third kappa shape index (κ3) is 2.37. The van der Waals surface area contributed by atoms with E-state index in [-0.39, 0.29) is 0 Å². The third-order valence-corrected chi connectivity index (χ3v) is 6.80. The molecule has 2 saturated heterocycles. The SMILES string of the molecule is c1cc2cc(N3CC[N+]4(CC3)CC3CCCCC3C4)ccc2o1. The molecule has 1 spiro atoms. The van der Waals surface area contributed by atoms with E-state index in [1.54, 1.807) is 6.26 Å². The van der Waals surface area contributed by atoms with Gasteiger partial charge in [0.05, 0.1) is 45.5 Å². The second-order valence-electron chi connectivity index (χ2n) is 8.09. The van der Waals surface area contributed by atoms with Crippen molar-refractivity contribution in [2.24, 2.45) is 11.8 Å². The Hall–Kier alpha value is -1.48. The number of hydrogen-bond acceptors (Lipinski definition) is 2. The van der Waals surface area contributed by atoms with Crippen LogP contribution in [0.15, 0.2) is 34.9 Å². The lowest BCUT2D eigenvalue weighted by Gasteiger charge is -2.43. The maximum atomic E-state index is 5.47. The molecule has 3 heterocycles. The van der Waals surface area contributed by atoms with Crippen LogP contribution in [0.4, 0.5) is 5.69 Å². The standard InChI is InChI=1S/C20H27N2O/c1-2-4-18-15-22(14-17(18)3-1)10-8-21(9-11-22)19-5-6-20-16(13-19)7-12-23-20/h5-7,12-13,17-18H,1-4,8-11,14-15H2/q+1. The monoisotopic (exact) mass is 311 g/mol. The molecule has 2 aliphatic heterocycles. The molecule has 1 aliphatic carbocycles. The number of hydrogen-bond donors (Lipinski definition) is 0. The second kappa shape index (κ2) is 5.27. The topological polar surface area (TPSA) is 16.4 Å². The maximum absolute atomic E-state index is 5.47. The molecule has 3 heteroatoms. The number of furan rings is 1. The molecular weight excluding hydrogens is 284 g/mol. The molecule has 3 aliphatic rings. The van der Waals surface area contributed by atoms with Gasteiger partial charge in [-0.25, -0.2) is 0 Å². The predicted molar refractivity (Wildman–Crippen MR) is 93.6 cm³/mol. The molecule has 3 nitrogen and oxygen atoms in total. The van der Waals surface area contributed by atoms with Crippen LogP contribution in [0.2, 0.25) is 0 Å². The van der Waals surface area contributed by atoms with Gasteiger partial charge in [0.1, 0.15) is 5.58 Å². The van der Waals surface area contributed by atoms with E-state index in [0.717, 1.165) is 17.4 Å². The number of fused-ring (bicyclic) bond motifs is 2. The lowest BCUT2D eigenvalue weighted by Crippen LogP contribution is -2.58. The Kier molecular flexibility index (Phi) is 3.19. The quantitative estimate of drug-likeness (QED) is 0.743. The Morgan fingerprint density at radius 3 is 2.43 bits per heavy atom. The van der Waals surface area contributed by atoms with Gasteiger partial charge in [-0.1, -0.05) is 12.8 Å². The highest BCUT2D eigenvalue weighted by Gasteiger charge is 2.47. The first-order valence-corrected chi connectivity index (χ1v) is 9.39. The smallest absolute Gasteiger partial charge is 0.133 e. The molecule has 2 unspecified atom stereocenters. The van der Waals surface area contributed by atoms with E-state index >= 15 is 0 Å². The highest BCUT2D eigenvalue weighted by molar-refractivity contribution is 5.81. The van der Waals surface area contributed by atoms with Gasteiger partial charge >= 0.3 is 0 Å². The van der Waals surface area contributed by atoms with Crippen molar-refractivity contribution >= 4 is 16.7 Å². The van der Waals surface area contributed by atoms with Crippen molar-refractivity contribution in [3.63, 3.8) is 0 Å². The first kappa shape index (κ1) is 13.9. The number of anilines is 1. The van der Waals surface area contributed by atoms with Crippen LogP contribution in [0.5, 0.6) is 0 Å². The summed E-state index contributed by atoms with van der Waals surface area (Å²) in [5.41, 5.74) is 2.37. The van der Waals surface area contributed by atoms with Gasteiger partial charge in [-0.2, -0.15) is 0 Å². The average molecular weight is 311 g/mol. The average Bonchev–Trinajstić information content (AvgIpc) is 3.18. The van der Waals surface area contributed by atoms with Crippen LogP contribution in [0.1, 0.15) is 25.7 Å². The predicted octanol–water partition coefficient (Wildman–Crippen LogP) is 3.89. The Balaban J connectivity index is 1.30. The summed E-state index contributed by atoms with van der Waals surface area (Å²) < 4.78 is 6.89. The van der Waals surface area contributed by atoms with Gasteiger partial charge in [0, 0.05) is 22.9 Å². The normalized spacial score (nSPS) is 30.0. The van der Waals surface area contributed by atoms with Crippen molar-refractivity contribution in [1.29, 1.82) is 0 Å². The molecule has 0 radical (unpaired) electrons. The van der Waals surface area contributed by atoms with E-state index in [9.17, 15) is 0 Å².